The second-order valence-corrected chi connectivity index (χ2v) is 5.27. The van der Waals surface area contributed by atoms with E-state index in [1.807, 2.05) is 6.07 Å². The summed E-state index contributed by atoms with van der Waals surface area (Å²) in [5.41, 5.74) is 2.17. The number of aryl methyl sites for hydroxylation is 1. The first-order chi connectivity index (χ1) is 8.90. The molecule has 1 aromatic rings. The van der Waals surface area contributed by atoms with Crippen molar-refractivity contribution in [3.63, 3.8) is 0 Å². The van der Waals surface area contributed by atoms with E-state index >= 15 is 0 Å². The monoisotopic (exact) mass is 265 g/mol. The molecule has 1 rings (SSSR count). The molecular weight excluding hydrogens is 242 g/mol. The molecule has 0 fully saturated rings. The molecule has 0 amide bonds. The first kappa shape index (κ1) is 15.5. The maximum atomic E-state index is 10.6. The van der Waals surface area contributed by atoms with Gasteiger partial charge in [0.05, 0.1) is 13.7 Å². The van der Waals surface area contributed by atoms with Gasteiger partial charge in [0, 0.05) is 17.5 Å². The van der Waals surface area contributed by atoms with E-state index in [0.29, 0.717) is 6.54 Å². The number of hydrogen-bond acceptors (Lipinski definition) is 3. The summed E-state index contributed by atoms with van der Waals surface area (Å²) in [5, 5.41) is 11.6. The molecule has 19 heavy (non-hydrogen) atoms. The summed E-state index contributed by atoms with van der Waals surface area (Å²) in [7, 11) is 1.66. The van der Waals surface area contributed by atoms with Gasteiger partial charge in [-0.2, -0.15) is 0 Å². The Morgan fingerprint density at radius 1 is 1.42 bits per heavy atom. The van der Waals surface area contributed by atoms with E-state index in [-0.39, 0.29) is 12.0 Å². The van der Waals surface area contributed by atoms with Gasteiger partial charge >= 0.3 is 5.97 Å². The average molecular weight is 265 g/mol. The average Bonchev–Trinajstić information content (AvgIpc) is 2.37. The Bertz CT molecular complexity index is 441. The van der Waals surface area contributed by atoms with Gasteiger partial charge in [-0.15, -0.1) is 0 Å². The third-order valence-electron chi connectivity index (χ3n) is 3.24. The molecule has 0 heterocycles. The van der Waals surface area contributed by atoms with Crippen LogP contribution in [0.3, 0.4) is 0 Å². The van der Waals surface area contributed by atoms with Crippen molar-refractivity contribution >= 4 is 5.97 Å². The Hall–Kier alpha value is -1.55. The van der Waals surface area contributed by atoms with Crippen LogP contribution < -0.4 is 10.1 Å². The molecule has 0 spiro atoms. The molecule has 0 bridgehead atoms. The van der Waals surface area contributed by atoms with Gasteiger partial charge < -0.3 is 15.2 Å². The van der Waals surface area contributed by atoms with Gasteiger partial charge in [0.1, 0.15) is 5.75 Å². The van der Waals surface area contributed by atoms with Crippen molar-refractivity contribution in [2.45, 2.75) is 32.6 Å². The fraction of sp³-hybridized carbons (Fsp3) is 0.533. The standard InChI is InChI=1S/C15H23NO3/c1-5-11-6-7-13(19-4)12(8-11)15(2,3)10-16-9-14(17)18/h6-8,16H,5,9-10H2,1-4H3,(H,17,18). The number of ether oxygens (including phenoxy) is 1. The Morgan fingerprint density at radius 3 is 2.63 bits per heavy atom. The highest BCUT2D eigenvalue weighted by molar-refractivity contribution is 5.69. The number of aliphatic carboxylic acids is 1. The summed E-state index contributed by atoms with van der Waals surface area (Å²) in [6.07, 6.45) is 0.968. The van der Waals surface area contributed by atoms with Gasteiger partial charge in [0.2, 0.25) is 0 Å². The maximum absolute atomic E-state index is 10.6. The smallest absolute Gasteiger partial charge is 0.317 e. The molecule has 2 N–H and O–H groups in total. The Kier molecular flexibility index (Phi) is 5.36. The molecule has 4 heteroatoms. The number of carbonyl (C=O) groups is 1. The lowest BCUT2D eigenvalue weighted by Crippen LogP contribution is -2.36. The highest BCUT2D eigenvalue weighted by Gasteiger charge is 2.24. The van der Waals surface area contributed by atoms with Crippen LogP contribution in [0, 0.1) is 0 Å². The van der Waals surface area contributed by atoms with E-state index in [4.69, 9.17) is 9.84 Å². The molecular formula is C15H23NO3. The lowest BCUT2D eigenvalue weighted by atomic mass is 9.83. The maximum Gasteiger partial charge on any atom is 0.317 e. The minimum Gasteiger partial charge on any atom is -0.496 e. The topological polar surface area (TPSA) is 58.6 Å². The minimum atomic E-state index is -0.843. The zero-order chi connectivity index (χ0) is 14.5. The van der Waals surface area contributed by atoms with Gasteiger partial charge in [-0.05, 0) is 18.1 Å². The molecule has 0 saturated carbocycles. The molecule has 0 aromatic heterocycles. The Labute approximate surface area is 114 Å². The third kappa shape index (κ3) is 4.24. The Morgan fingerprint density at radius 2 is 2.11 bits per heavy atom. The predicted molar refractivity (Wildman–Crippen MR) is 75.9 cm³/mol. The van der Waals surface area contributed by atoms with E-state index in [2.05, 4.69) is 38.2 Å². The van der Waals surface area contributed by atoms with E-state index in [1.165, 1.54) is 5.56 Å². The fourth-order valence-corrected chi connectivity index (χ4v) is 2.08. The third-order valence-corrected chi connectivity index (χ3v) is 3.24. The highest BCUT2D eigenvalue weighted by Crippen LogP contribution is 2.32. The van der Waals surface area contributed by atoms with Crippen molar-refractivity contribution < 1.29 is 14.6 Å². The minimum absolute atomic E-state index is 0.0286. The molecule has 0 aliphatic carbocycles. The molecule has 0 aliphatic rings. The van der Waals surface area contributed by atoms with Crippen molar-refractivity contribution in [2.24, 2.45) is 0 Å². The molecule has 0 radical (unpaired) electrons. The van der Waals surface area contributed by atoms with Crippen LogP contribution in [0.4, 0.5) is 0 Å². The molecule has 106 valence electrons. The number of rotatable bonds is 7. The van der Waals surface area contributed by atoms with Crippen LogP contribution in [0.15, 0.2) is 18.2 Å². The first-order valence-electron chi connectivity index (χ1n) is 6.50. The summed E-state index contributed by atoms with van der Waals surface area (Å²) in [4.78, 5) is 10.6. The molecule has 4 nitrogen and oxygen atoms in total. The van der Waals surface area contributed by atoms with Crippen molar-refractivity contribution in [2.75, 3.05) is 20.2 Å². The van der Waals surface area contributed by atoms with Crippen LogP contribution in [0.1, 0.15) is 31.9 Å². The number of carboxylic acid groups (broad SMARTS) is 1. The largest absolute Gasteiger partial charge is 0.496 e. The zero-order valence-corrected chi connectivity index (χ0v) is 12.1. The van der Waals surface area contributed by atoms with Crippen LogP contribution >= 0.6 is 0 Å². The van der Waals surface area contributed by atoms with Gasteiger partial charge in [-0.25, -0.2) is 0 Å². The quantitative estimate of drug-likeness (QED) is 0.793. The molecule has 0 unspecified atom stereocenters. The number of benzene rings is 1. The number of methoxy groups -OCH3 is 1. The van der Waals surface area contributed by atoms with Crippen LogP contribution in [0.25, 0.3) is 0 Å². The van der Waals surface area contributed by atoms with E-state index in [9.17, 15) is 4.79 Å². The van der Waals surface area contributed by atoms with Gasteiger partial charge in [-0.1, -0.05) is 32.9 Å². The number of hydrogen-bond donors (Lipinski definition) is 2. The number of nitrogens with one attached hydrogen (secondary N) is 1. The molecule has 1 aromatic carbocycles. The molecule has 0 aliphatic heterocycles. The second kappa shape index (κ2) is 6.57. The van der Waals surface area contributed by atoms with Crippen LogP contribution in [-0.2, 0) is 16.6 Å². The van der Waals surface area contributed by atoms with Crippen molar-refractivity contribution in [3.8, 4) is 5.75 Å². The summed E-state index contributed by atoms with van der Waals surface area (Å²) < 4.78 is 5.41. The summed E-state index contributed by atoms with van der Waals surface area (Å²) in [5.74, 6) is 0.00407. The zero-order valence-electron chi connectivity index (χ0n) is 12.1. The normalized spacial score (nSPS) is 11.4. The van der Waals surface area contributed by atoms with Gasteiger partial charge in [0.25, 0.3) is 0 Å². The first-order valence-corrected chi connectivity index (χ1v) is 6.50. The van der Waals surface area contributed by atoms with Crippen LogP contribution in [0.5, 0.6) is 5.75 Å². The van der Waals surface area contributed by atoms with E-state index in [1.54, 1.807) is 7.11 Å². The van der Waals surface area contributed by atoms with Crippen LogP contribution in [-0.4, -0.2) is 31.3 Å². The SMILES string of the molecule is CCc1ccc(OC)c(C(C)(C)CNCC(=O)O)c1. The van der Waals surface area contributed by atoms with E-state index < -0.39 is 5.97 Å². The van der Waals surface area contributed by atoms with Crippen LogP contribution in [0.2, 0.25) is 0 Å². The highest BCUT2D eigenvalue weighted by atomic mass is 16.5. The lowest BCUT2D eigenvalue weighted by molar-refractivity contribution is -0.136. The Balaban J connectivity index is 2.94. The van der Waals surface area contributed by atoms with Crippen molar-refractivity contribution in [1.82, 2.24) is 5.32 Å². The van der Waals surface area contributed by atoms with Gasteiger partial charge in [-0.3, -0.25) is 4.79 Å². The summed E-state index contributed by atoms with van der Waals surface area (Å²) in [6, 6.07) is 6.18. The molecule has 0 saturated heterocycles. The fourth-order valence-electron chi connectivity index (χ4n) is 2.08. The second-order valence-electron chi connectivity index (χ2n) is 5.27. The van der Waals surface area contributed by atoms with Crippen molar-refractivity contribution in [1.29, 1.82) is 0 Å². The summed E-state index contributed by atoms with van der Waals surface area (Å²) in [6.45, 7) is 6.83. The van der Waals surface area contributed by atoms with Crippen molar-refractivity contribution in [3.05, 3.63) is 29.3 Å². The molecule has 0 atom stereocenters. The lowest BCUT2D eigenvalue weighted by Gasteiger charge is -2.28. The number of carboxylic acids is 1. The van der Waals surface area contributed by atoms with Gasteiger partial charge in [0.15, 0.2) is 0 Å². The van der Waals surface area contributed by atoms with E-state index in [0.717, 1.165) is 17.7 Å². The summed E-state index contributed by atoms with van der Waals surface area (Å²) >= 11 is 0. The predicted octanol–water partition coefficient (Wildman–Crippen LogP) is 2.21.